The Hall–Kier alpha value is -4.14. The minimum Gasteiger partial charge on any atom is -0.497 e. The summed E-state index contributed by atoms with van der Waals surface area (Å²) in [4.78, 5) is 52.6. The smallest absolute Gasteiger partial charge is 0.490 e. The molecule has 0 saturated carbocycles. The zero-order chi connectivity index (χ0) is 32.6. The standard InChI is InChI=1S/C27H28F3N3O4.C2HF3O2/c1-3-33-23(34)20-21(24(33)35)26(31-22(20)17-7-11-19(37-2)12-8-17)13-4-14-32(25(26)36)15-16-5-9-18(10-6-16)27(28,29)30;3-2(4,5)1(6)7/h5-12,20-22,31H,3-4,13-15H2,1-2H3;(H,6,7)/t20-,21-,22-,26-;/m1./s1. The average molecular weight is 630 g/mol. The number of aliphatic carboxylic acids is 1. The third-order valence-electron chi connectivity index (χ3n) is 8.10. The fourth-order valence-electron chi connectivity index (χ4n) is 6.11. The Kier molecular flexibility index (Phi) is 9.01. The van der Waals surface area contributed by atoms with Gasteiger partial charge in [-0.15, -0.1) is 0 Å². The van der Waals surface area contributed by atoms with E-state index in [9.17, 15) is 40.7 Å². The van der Waals surface area contributed by atoms with Gasteiger partial charge in [-0.05, 0) is 55.2 Å². The van der Waals surface area contributed by atoms with Gasteiger partial charge in [0.25, 0.3) is 0 Å². The molecule has 2 N–H and O–H groups in total. The number of amides is 3. The van der Waals surface area contributed by atoms with Crippen LogP contribution in [0.25, 0.3) is 0 Å². The van der Waals surface area contributed by atoms with Crippen LogP contribution < -0.4 is 10.1 Å². The van der Waals surface area contributed by atoms with Gasteiger partial charge in [0.2, 0.25) is 17.7 Å². The van der Waals surface area contributed by atoms with Crippen LogP contribution in [0, 0.1) is 11.8 Å². The molecule has 1 spiro atoms. The van der Waals surface area contributed by atoms with Gasteiger partial charge in [0.1, 0.15) is 11.3 Å². The lowest BCUT2D eigenvalue weighted by molar-refractivity contribution is -0.192. The van der Waals surface area contributed by atoms with Crippen molar-refractivity contribution in [2.45, 2.75) is 50.2 Å². The van der Waals surface area contributed by atoms with Crippen LogP contribution in [0.15, 0.2) is 48.5 Å². The maximum absolute atomic E-state index is 14.0. The summed E-state index contributed by atoms with van der Waals surface area (Å²) in [5.41, 5.74) is -0.686. The summed E-state index contributed by atoms with van der Waals surface area (Å²) in [6.07, 6.45) is -8.55. The van der Waals surface area contributed by atoms with Gasteiger partial charge >= 0.3 is 18.3 Å². The number of hydrogen-bond donors (Lipinski definition) is 2. The number of piperidine rings is 1. The zero-order valence-electron chi connectivity index (χ0n) is 23.5. The summed E-state index contributed by atoms with van der Waals surface area (Å²) >= 11 is 0. The van der Waals surface area contributed by atoms with E-state index in [-0.39, 0.29) is 30.8 Å². The number of fused-ring (bicyclic) bond motifs is 2. The van der Waals surface area contributed by atoms with E-state index in [1.807, 2.05) is 12.1 Å². The number of halogens is 6. The number of alkyl halides is 6. The third kappa shape index (κ3) is 6.10. The van der Waals surface area contributed by atoms with Gasteiger partial charge < -0.3 is 14.7 Å². The van der Waals surface area contributed by atoms with Crippen LogP contribution in [0.2, 0.25) is 0 Å². The number of benzene rings is 2. The quantitative estimate of drug-likeness (QED) is 0.377. The second-order valence-electron chi connectivity index (χ2n) is 10.6. The first kappa shape index (κ1) is 32.8. The number of nitrogens with one attached hydrogen (secondary N) is 1. The van der Waals surface area contributed by atoms with Gasteiger partial charge in [-0.25, -0.2) is 4.79 Å². The summed E-state index contributed by atoms with van der Waals surface area (Å²) in [5, 5.41) is 10.5. The average Bonchev–Trinajstić information content (AvgIpc) is 3.44. The number of carboxylic acids is 1. The Balaban J connectivity index is 0.000000566. The van der Waals surface area contributed by atoms with E-state index in [4.69, 9.17) is 14.6 Å². The molecule has 3 aliphatic heterocycles. The van der Waals surface area contributed by atoms with Gasteiger partial charge in [0.05, 0.1) is 24.5 Å². The monoisotopic (exact) mass is 629 g/mol. The molecular weight excluding hydrogens is 600 g/mol. The van der Waals surface area contributed by atoms with E-state index >= 15 is 0 Å². The number of ether oxygens (including phenoxy) is 1. The number of hydrogen-bond acceptors (Lipinski definition) is 6. The predicted octanol–water partition coefficient (Wildman–Crippen LogP) is 4.17. The molecule has 0 aromatic heterocycles. The Bertz CT molecular complexity index is 1410. The Labute approximate surface area is 247 Å². The molecule has 3 aliphatic rings. The topological polar surface area (TPSA) is 116 Å². The third-order valence-corrected chi connectivity index (χ3v) is 8.10. The molecule has 2 aromatic carbocycles. The molecule has 3 amide bonds. The van der Waals surface area contributed by atoms with Crippen LogP contribution in [0.4, 0.5) is 26.3 Å². The highest BCUT2D eigenvalue weighted by atomic mass is 19.4. The van der Waals surface area contributed by atoms with Crippen LogP contribution in [0.3, 0.4) is 0 Å². The first-order valence-electron chi connectivity index (χ1n) is 13.6. The van der Waals surface area contributed by atoms with E-state index < -0.39 is 47.3 Å². The molecule has 3 saturated heterocycles. The molecule has 0 bridgehead atoms. The Morgan fingerprint density at radius 2 is 1.59 bits per heavy atom. The Morgan fingerprint density at radius 3 is 2.09 bits per heavy atom. The maximum Gasteiger partial charge on any atom is 0.490 e. The molecular formula is C29H29F6N3O6. The fourth-order valence-corrected chi connectivity index (χ4v) is 6.11. The lowest BCUT2D eigenvalue weighted by atomic mass is 9.74. The fraction of sp³-hybridized carbons (Fsp3) is 0.448. The van der Waals surface area contributed by atoms with Gasteiger partial charge in [-0.2, -0.15) is 26.3 Å². The van der Waals surface area contributed by atoms with Gasteiger partial charge in [-0.1, -0.05) is 24.3 Å². The number of carboxylic acid groups (broad SMARTS) is 1. The van der Waals surface area contributed by atoms with Crippen molar-refractivity contribution in [1.29, 1.82) is 0 Å². The highest BCUT2D eigenvalue weighted by Gasteiger charge is 2.68. The highest BCUT2D eigenvalue weighted by molar-refractivity contribution is 6.10. The van der Waals surface area contributed by atoms with Crippen molar-refractivity contribution in [3.8, 4) is 5.75 Å². The molecule has 4 atom stereocenters. The first-order chi connectivity index (χ1) is 20.5. The lowest BCUT2D eigenvalue weighted by Gasteiger charge is -2.42. The molecule has 0 unspecified atom stereocenters. The molecule has 9 nitrogen and oxygen atoms in total. The van der Waals surface area contributed by atoms with E-state index in [1.165, 1.54) is 17.0 Å². The second kappa shape index (κ2) is 12.1. The first-order valence-corrected chi connectivity index (χ1v) is 13.6. The summed E-state index contributed by atoms with van der Waals surface area (Å²) < 4.78 is 75.9. The molecule has 0 aliphatic carbocycles. The van der Waals surface area contributed by atoms with Gasteiger partial charge in [-0.3, -0.25) is 24.6 Å². The van der Waals surface area contributed by atoms with Crippen molar-refractivity contribution in [1.82, 2.24) is 15.1 Å². The number of carbonyl (C=O) groups excluding carboxylic acids is 3. The minimum atomic E-state index is -5.08. The zero-order valence-corrected chi connectivity index (χ0v) is 23.5. The summed E-state index contributed by atoms with van der Waals surface area (Å²) in [6.45, 7) is 2.48. The van der Waals surface area contributed by atoms with E-state index in [1.54, 1.807) is 31.1 Å². The van der Waals surface area contributed by atoms with Crippen molar-refractivity contribution in [2.75, 3.05) is 20.2 Å². The van der Waals surface area contributed by atoms with Crippen molar-refractivity contribution >= 4 is 23.7 Å². The van der Waals surface area contributed by atoms with Crippen molar-refractivity contribution in [3.63, 3.8) is 0 Å². The van der Waals surface area contributed by atoms with E-state index in [0.29, 0.717) is 30.7 Å². The lowest BCUT2D eigenvalue weighted by Crippen LogP contribution is -2.63. The summed E-state index contributed by atoms with van der Waals surface area (Å²) in [5.74, 6) is -4.64. The second-order valence-corrected chi connectivity index (χ2v) is 10.6. The molecule has 44 heavy (non-hydrogen) atoms. The number of rotatable bonds is 5. The molecule has 2 aromatic rings. The van der Waals surface area contributed by atoms with E-state index in [2.05, 4.69) is 5.32 Å². The Morgan fingerprint density at radius 1 is 1.00 bits per heavy atom. The van der Waals surface area contributed by atoms with Crippen LogP contribution in [-0.2, 0) is 31.9 Å². The molecule has 15 heteroatoms. The molecule has 3 fully saturated rings. The molecule has 0 radical (unpaired) electrons. The predicted molar refractivity (Wildman–Crippen MR) is 141 cm³/mol. The highest BCUT2D eigenvalue weighted by Crippen LogP contribution is 2.52. The van der Waals surface area contributed by atoms with Crippen LogP contribution in [0.5, 0.6) is 5.75 Å². The van der Waals surface area contributed by atoms with Gasteiger partial charge in [0.15, 0.2) is 0 Å². The number of carbonyl (C=O) groups is 4. The van der Waals surface area contributed by atoms with Crippen molar-refractivity contribution in [2.24, 2.45) is 11.8 Å². The molecule has 5 rings (SSSR count). The van der Waals surface area contributed by atoms with Crippen molar-refractivity contribution < 1.29 is 55.4 Å². The summed E-state index contributed by atoms with van der Waals surface area (Å²) in [7, 11) is 1.55. The number of imide groups is 1. The minimum absolute atomic E-state index is 0.116. The van der Waals surface area contributed by atoms with Crippen LogP contribution in [-0.4, -0.2) is 70.5 Å². The summed E-state index contributed by atoms with van der Waals surface area (Å²) in [6, 6.07) is 11.4. The SMILES string of the molecule is CCN1C(=O)[C@H]2[C@@H](c3ccc(OC)cc3)N[C@]3(CCCN(Cc4ccc(C(F)(F)F)cc4)C3=O)[C@H]2C1=O.O=C(O)C(F)(F)F. The number of methoxy groups -OCH3 is 1. The largest absolute Gasteiger partial charge is 0.497 e. The van der Waals surface area contributed by atoms with Crippen molar-refractivity contribution in [3.05, 3.63) is 65.2 Å². The van der Waals surface area contributed by atoms with E-state index in [0.717, 1.165) is 17.7 Å². The maximum atomic E-state index is 14.0. The normalized spacial score (nSPS) is 25.2. The van der Waals surface area contributed by atoms with Crippen LogP contribution >= 0.6 is 0 Å². The molecule has 238 valence electrons. The van der Waals surface area contributed by atoms with Gasteiger partial charge in [0, 0.05) is 25.7 Å². The van der Waals surface area contributed by atoms with Crippen LogP contribution in [0.1, 0.15) is 42.5 Å². The molecule has 3 heterocycles. The number of likely N-dealkylation sites (tertiary alicyclic amines) is 2. The number of nitrogens with zero attached hydrogens (tertiary/aromatic N) is 2.